The van der Waals surface area contributed by atoms with Gasteiger partial charge in [0.1, 0.15) is 0 Å². The van der Waals surface area contributed by atoms with Crippen LogP contribution in [0, 0.1) is 5.92 Å². The van der Waals surface area contributed by atoms with Gasteiger partial charge in [0, 0.05) is 18.4 Å². The lowest BCUT2D eigenvalue weighted by atomic mass is 10.1. The van der Waals surface area contributed by atoms with E-state index in [2.05, 4.69) is 22.9 Å². The van der Waals surface area contributed by atoms with Crippen LogP contribution in [0.5, 0.6) is 0 Å². The summed E-state index contributed by atoms with van der Waals surface area (Å²) in [5.41, 5.74) is 0. The smallest absolute Gasteiger partial charge is 0.242 e. The summed E-state index contributed by atoms with van der Waals surface area (Å²) in [5, 5.41) is 0.886. The van der Waals surface area contributed by atoms with E-state index < -0.39 is 0 Å². The van der Waals surface area contributed by atoms with Gasteiger partial charge >= 0.3 is 0 Å². The first kappa shape index (κ1) is 15.5. The molecule has 5 heteroatoms. The van der Waals surface area contributed by atoms with Crippen LogP contribution in [0.1, 0.15) is 33.1 Å². The van der Waals surface area contributed by atoms with Crippen molar-refractivity contribution in [2.45, 2.75) is 33.1 Å². The first-order chi connectivity index (χ1) is 8.62. The monoisotopic (exact) mass is 318 g/mol. The SMILES string of the molecule is CCCC(CBr)CN1CC(=O)N(CCC)CC1=O. The fourth-order valence-electron chi connectivity index (χ4n) is 2.28. The van der Waals surface area contributed by atoms with Crippen molar-refractivity contribution >= 4 is 27.7 Å². The summed E-state index contributed by atoms with van der Waals surface area (Å²) in [4.78, 5) is 27.3. The largest absolute Gasteiger partial charge is 0.332 e. The second-order valence-electron chi connectivity index (χ2n) is 4.90. The summed E-state index contributed by atoms with van der Waals surface area (Å²) in [7, 11) is 0. The van der Waals surface area contributed by atoms with Gasteiger partial charge in [0.05, 0.1) is 13.1 Å². The van der Waals surface area contributed by atoms with Crippen molar-refractivity contribution in [2.24, 2.45) is 5.92 Å². The van der Waals surface area contributed by atoms with Crippen LogP contribution in [0.2, 0.25) is 0 Å². The highest BCUT2D eigenvalue weighted by Gasteiger charge is 2.30. The van der Waals surface area contributed by atoms with Gasteiger partial charge in [-0.05, 0) is 18.8 Å². The van der Waals surface area contributed by atoms with Gasteiger partial charge in [0.25, 0.3) is 0 Å². The molecule has 0 spiro atoms. The molecule has 18 heavy (non-hydrogen) atoms. The normalized spacial score (nSPS) is 18.4. The van der Waals surface area contributed by atoms with Gasteiger partial charge < -0.3 is 9.80 Å². The highest BCUT2D eigenvalue weighted by atomic mass is 79.9. The molecule has 1 heterocycles. The molecular weight excluding hydrogens is 296 g/mol. The maximum atomic E-state index is 12.0. The molecule has 1 aliphatic heterocycles. The van der Waals surface area contributed by atoms with Crippen LogP contribution in [0.15, 0.2) is 0 Å². The zero-order valence-electron chi connectivity index (χ0n) is 11.3. The molecule has 104 valence electrons. The van der Waals surface area contributed by atoms with Crippen molar-refractivity contribution in [1.29, 1.82) is 0 Å². The third-order valence-electron chi connectivity index (χ3n) is 3.24. The summed E-state index contributed by atoms with van der Waals surface area (Å²) < 4.78 is 0. The van der Waals surface area contributed by atoms with Crippen LogP contribution in [0.3, 0.4) is 0 Å². The number of halogens is 1. The van der Waals surface area contributed by atoms with Gasteiger partial charge in [0.15, 0.2) is 0 Å². The summed E-state index contributed by atoms with van der Waals surface area (Å²) in [6.45, 7) is 6.06. The van der Waals surface area contributed by atoms with E-state index in [9.17, 15) is 9.59 Å². The predicted molar refractivity (Wildman–Crippen MR) is 75.6 cm³/mol. The summed E-state index contributed by atoms with van der Waals surface area (Å²) >= 11 is 3.48. The standard InChI is InChI=1S/C13H23BrN2O2/c1-3-5-11(7-14)8-16-10-12(17)15(6-4-2)9-13(16)18/h11H,3-10H2,1-2H3. The van der Waals surface area contributed by atoms with Crippen molar-refractivity contribution < 1.29 is 9.59 Å². The lowest BCUT2D eigenvalue weighted by molar-refractivity contribution is -0.150. The van der Waals surface area contributed by atoms with Crippen molar-refractivity contribution in [1.82, 2.24) is 9.80 Å². The molecule has 0 saturated carbocycles. The van der Waals surface area contributed by atoms with E-state index in [1.54, 1.807) is 9.80 Å². The average Bonchev–Trinajstić information content (AvgIpc) is 2.34. The lowest BCUT2D eigenvalue weighted by Gasteiger charge is -2.35. The Labute approximate surface area is 118 Å². The Morgan fingerprint density at radius 3 is 2.28 bits per heavy atom. The Kier molecular flexibility index (Phi) is 6.68. The maximum absolute atomic E-state index is 12.0. The fraction of sp³-hybridized carbons (Fsp3) is 0.846. The molecule has 0 radical (unpaired) electrons. The zero-order chi connectivity index (χ0) is 13.5. The second kappa shape index (κ2) is 7.77. The number of hydrogen-bond donors (Lipinski definition) is 0. The molecule has 0 bridgehead atoms. The Balaban J connectivity index is 2.53. The van der Waals surface area contributed by atoms with Crippen LogP contribution < -0.4 is 0 Å². The third kappa shape index (κ3) is 4.26. The number of carbonyl (C=O) groups excluding carboxylic acids is 2. The van der Waals surface area contributed by atoms with Crippen LogP contribution in [0.4, 0.5) is 0 Å². The van der Waals surface area contributed by atoms with Crippen molar-refractivity contribution in [3.05, 3.63) is 0 Å². The Morgan fingerprint density at radius 1 is 1.11 bits per heavy atom. The molecule has 0 aromatic heterocycles. The van der Waals surface area contributed by atoms with Gasteiger partial charge in [-0.15, -0.1) is 0 Å². The molecule has 1 aliphatic rings. The van der Waals surface area contributed by atoms with Gasteiger partial charge in [-0.3, -0.25) is 9.59 Å². The third-order valence-corrected chi connectivity index (χ3v) is 4.16. The molecule has 0 aromatic carbocycles. The molecule has 2 amide bonds. The molecule has 1 unspecified atom stereocenters. The zero-order valence-corrected chi connectivity index (χ0v) is 12.9. The molecule has 0 aliphatic carbocycles. The second-order valence-corrected chi connectivity index (χ2v) is 5.55. The Hall–Kier alpha value is -0.580. The Morgan fingerprint density at radius 2 is 1.72 bits per heavy atom. The number of alkyl halides is 1. The average molecular weight is 319 g/mol. The maximum Gasteiger partial charge on any atom is 0.242 e. The minimum absolute atomic E-state index is 0.0845. The molecular formula is C13H23BrN2O2. The van der Waals surface area contributed by atoms with E-state index in [4.69, 9.17) is 0 Å². The molecule has 0 aromatic rings. The Bertz CT molecular complexity index is 297. The van der Waals surface area contributed by atoms with Crippen LogP contribution >= 0.6 is 15.9 Å². The molecule has 0 N–H and O–H groups in total. The number of piperazine rings is 1. The van der Waals surface area contributed by atoms with E-state index in [-0.39, 0.29) is 24.9 Å². The number of carbonyl (C=O) groups is 2. The number of hydrogen-bond acceptors (Lipinski definition) is 2. The minimum Gasteiger partial charge on any atom is -0.332 e. The summed E-state index contributed by atoms with van der Waals surface area (Å²) in [6, 6.07) is 0. The first-order valence-corrected chi connectivity index (χ1v) is 7.86. The van der Waals surface area contributed by atoms with Crippen molar-refractivity contribution in [3.63, 3.8) is 0 Å². The molecule has 4 nitrogen and oxygen atoms in total. The quantitative estimate of drug-likeness (QED) is 0.672. The summed E-state index contributed by atoms with van der Waals surface area (Å²) in [5.74, 6) is 0.621. The number of amides is 2. The van der Waals surface area contributed by atoms with Gasteiger partial charge in [0.2, 0.25) is 11.8 Å². The van der Waals surface area contributed by atoms with Gasteiger partial charge in [-0.2, -0.15) is 0 Å². The molecule has 1 fully saturated rings. The van der Waals surface area contributed by atoms with E-state index in [0.29, 0.717) is 19.0 Å². The molecule has 1 saturated heterocycles. The van der Waals surface area contributed by atoms with Gasteiger partial charge in [-0.25, -0.2) is 0 Å². The number of rotatable bonds is 7. The minimum atomic E-state index is 0.0845. The highest BCUT2D eigenvalue weighted by molar-refractivity contribution is 9.09. The van der Waals surface area contributed by atoms with Crippen LogP contribution in [0.25, 0.3) is 0 Å². The van der Waals surface area contributed by atoms with E-state index in [1.807, 2.05) is 6.92 Å². The predicted octanol–water partition coefficient (Wildman–Crippen LogP) is 1.88. The van der Waals surface area contributed by atoms with Crippen LogP contribution in [-0.2, 0) is 9.59 Å². The fourth-order valence-corrected chi connectivity index (χ4v) is 2.81. The van der Waals surface area contributed by atoms with Gasteiger partial charge in [-0.1, -0.05) is 36.2 Å². The summed E-state index contributed by atoms with van der Waals surface area (Å²) in [6.07, 6.45) is 3.09. The molecule has 1 atom stereocenters. The topological polar surface area (TPSA) is 40.6 Å². The van der Waals surface area contributed by atoms with E-state index in [0.717, 1.165) is 24.6 Å². The number of nitrogens with zero attached hydrogens (tertiary/aromatic N) is 2. The molecule has 1 rings (SSSR count). The first-order valence-electron chi connectivity index (χ1n) is 6.73. The van der Waals surface area contributed by atoms with E-state index >= 15 is 0 Å². The highest BCUT2D eigenvalue weighted by Crippen LogP contribution is 2.14. The van der Waals surface area contributed by atoms with Crippen molar-refractivity contribution in [3.8, 4) is 0 Å². The lowest BCUT2D eigenvalue weighted by Crippen LogP contribution is -2.54. The van der Waals surface area contributed by atoms with E-state index in [1.165, 1.54) is 0 Å². The van der Waals surface area contributed by atoms with Crippen molar-refractivity contribution in [2.75, 3.05) is 31.5 Å². The van der Waals surface area contributed by atoms with Crippen LogP contribution in [-0.4, -0.2) is 53.1 Å².